The van der Waals surface area contributed by atoms with E-state index in [1.807, 2.05) is 31.2 Å². The van der Waals surface area contributed by atoms with Crippen LogP contribution in [0.15, 0.2) is 24.3 Å². The summed E-state index contributed by atoms with van der Waals surface area (Å²) < 4.78 is 25.9. The van der Waals surface area contributed by atoms with Gasteiger partial charge in [-0.3, -0.25) is 0 Å². The van der Waals surface area contributed by atoms with Gasteiger partial charge >= 0.3 is 0 Å². The van der Waals surface area contributed by atoms with Crippen LogP contribution >= 0.6 is 0 Å². The Balaban J connectivity index is 2.66. The normalized spacial score (nSPS) is 13.3. The van der Waals surface area contributed by atoms with Gasteiger partial charge in [0.15, 0.2) is 0 Å². The molecule has 4 heteroatoms. The molecule has 18 heavy (non-hydrogen) atoms. The van der Waals surface area contributed by atoms with E-state index in [0.29, 0.717) is 6.54 Å². The first-order valence-corrected chi connectivity index (χ1v) is 7.46. The monoisotopic (exact) mass is 265 g/mol. The lowest BCUT2D eigenvalue weighted by molar-refractivity contribution is 0.566. The molecule has 0 heterocycles. The summed E-state index contributed by atoms with van der Waals surface area (Å²) in [6, 6.07) is 7.60. The van der Waals surface area contributed by atoms with Crippen molar-refractivity contribution in [2.24, 2.45) is 0 Å². The van der Waals surface area contributed by atoms with Crippen molar-refractivity contribution in [3.63, 3.8) is 0 Å². The zero-order chi connectivity index (χ0) is 13.8. The lowest BCUT2D eigenvalue weighted by atomic mass is 10.0. The molecule has 1 aromatic rings. The number of rotatable bonds is 5. The topological polar surface area (TPSA) is 46.2 Å². The van der Waals surface area contributed by atoms with Crippen LogP contribution in [0.3, 0.4) is 0 Å². The average molecular weight is 265 g/mol. The average Bonchev–Trinajstić information content (AvgIpc) is 2.36. The Hall–Kier alpha value is -1.31. The van der Waals surface area contributed by atoms with Crippen LogP contribution in [0, 0.1) is 12.3 Å². The summed E-state index contributed by atoms with van der Waals surface area (Å²) in [4.78, 5) is 0. The Morgan fingerprint density at radius 1 is 1.22 bits per heavy atom. The molecular formula is C14H19NO2S. The van der Waals surface area contributed by atoms with Gasteiger partial charge in [-0.05, 0) is 37.5 Å². The summed E-state index contributed by atoms with van der Waals surface area (Å²) in [7, 11) is -3.20. The fourth-order valence-electron chi connectivity index (χ4n) is 1.43. The summed E-state index contributed by atoms with van der Waals surface area (Å²) in [5, 5.41) is -0.409. The minimum Gasteiger partial charge on any atom is -0.214 e. The molecule has 0 fully saturated rings. The highest BCUT2D eigenvalue weighted by Gasteiger charge is 2.16. The molecule has 1 rings (SSSR count). The molecule has 0 aliphatic rings. The van der Waals surface area contributed by atoms with Crippen molar-refractivity contribution in [2.45, 2.75) is 31.9 Å². The Morgan fingerprint density at radius 3 is 2.22 bits per heavy atom. The van der Waals surface area contributed by atoms with Crippen LogP contribution in [0.25, 0.3) is 0 Å². The number of hydrogen-bond donors (Lipinski definition) is 1. The fourth-order valence-corrected chi connectivity index (χ4v) is 2.25. The van der Waals surface area contributed by atoms with Crippen LogP contribution in [-0.4, -0.2) is 20.2 Å². The second kappa shape index (κ2) is 6.03. The van der Waals surface area contributed by atoms with Crippen molar-refractivity contribution in [1.29, 1.82) is 0 Å². The zero-order valence-corrected chi connectivity index (χ0v) is 11.8. The van der Waals surface area contributed by atoms with Gasteiger partial charge in [-0.15, -0.1) is 6.42 Å². The van der Waals surface area contributed by atoms with Gasteiger partial charge in [0, 0.05) is 12.1 Å². The Labute approximate surface area is 110 Å². The smallest absolute Gasteiger partial charge is 0.213 e. The molecule has 0 bridgehead atoms. The first kappa shape index (κ1) is 14.7. The van der Waals surface area contributed by atoms with Crippen molar-refractivity contribution in [3.8, 4) is 12.3 Å². The highest BCUT2D eigenvalue weighted by molar-refractivity contribution is 7.90. The SMILES string of the molecule is C#Cc1ccc(C(C)CNS(=O)(=O)C(C)C)cc1. The van der Waals surface area contributed by atoms with Crippen LogP contribution < -0.4 is 4.72 Å². The van der Waals surface area contributed by atoms with Gasteiger partial charge in [-0.2, -0.15) is 0 Å². The third kappa shape index (κ3) is 3.86. The lowest BCUT2D eigenvalue weighted by Gasteiger charge is -2.15. The van der Waals surface area contributed by atoms with Gasteiger partial charge in [0.05, 0.1) is 5.25 Å². The molecule has 0 amide bonds. The number of terminal acetylenes is 1. The van der Waals surface area contributed by atoms with Gasteiger partial charge < -0.3 is 0 Å². The Morgan fingerprint density at radius 2 is 1.78 bits per heavy atom. The Kier molecular flexibility index (Phi) is 4.94. The molecule has 1 unspecified atom stereocenters. The van der Waals surface area contributed by atoms with Crippen molar-refractivity contribution >= 4 is 10.0 Å². The molecule has 0 aromatic heterocycles. The largest absolute Gasteiger partial charge is 0.214 e. The molecule has 3 nitrogen and oxygen atoms in total. The summed E-state index contributed by atoms with van der Waals surface area (Å²) in [6.07, 6.45) is 5.28. The van der Waals surface area contributed by atoms with Crippen molar-refractivity contribution in [2.75, 3.05) is 6.54 Å². The zero-order valence-electron chi connectivity index (χ0n) is 11.0. The highest BCUT2D eigenvalue weighted by atomic mass is 32.2. The van der Waals surface area contributed by atoms with Crippen molar-refractivity contribution < 1.29 is 8.42 Å². The van der Waals surface area contributed by atoms with Gasteiger partial charge in [0.2, 0.25) is 10.0 Å². The molecule has 98 valence electrons. The van der Waals surface area contributed by atoms with Crippen molar-refractivity contribution in [3.05, 3.63) is 35.4 Å². The lowest BCUT2D eigenvalue weighted by Crippen LogP contribution is -2.33. The molecule has 1 atom stereocenters. The van der Waals surface area contributed by atoms with Crippen LogP contribution in [0.5, 0.6) is 0 Å². The molecule has 1 aromatic carbocycles. The van der Waals surface area contributed by atoms with Crippen LogP contribution in [-0.2, 0) is 10.0 Å². The van der Waals surface area contributed by atoms with Crippen LogP contribution in [0.4, 0.5) is 0 Å². The molecule has 0 aliphatic carbocycles. The quantitative estimate of drug-likeness (QED) is 0.829. The predicted octanol–water partition coefficient (Wildman–Crippen LogP) is 2.10. The number of hydrogen-bond acceptors (Lipinski definition) is 2. The van der Waals surface area contributed by atoms with E-state index in [-0.39, 0.29) is 5.92 Å². The molecule has 0 saturated heterocycles. The molecule has 1 N–H and O–H groups in total. The second-order valence-electron chi connectivity index (χ2n) is 4.61. The van der Waals surface area contributed by atoms with Crippen LogP contribution in [0.2, 0.25) is 0 Å². The van der Waals surface area contributed by atoms with Gasteiger partial charge in [0.25, 0.3) is 0 Å². The van der Waals surface area contributed by atoms with E-state index in [9.17, 15) is 8.42 Å². The minimum atomic E-state index is -3.20. The second-order valence-corrected chi connectivity index (χ2v) is 6.93. The summed E-state index contributed by atoms with van der Waals surface area (Å²) in [5.74, 6) is 2.67. The maximum Gasteiger partial charge on any atom is 0.213 e. The van der Waals surface area contributed by atoms with E-state index in [0.717, 1.165) is 11.1 Å². The molecule has 0 spiro atoms. The summed E-state index contributed by atoms with van der Waals surface area (Å²) >= 11 is 0. The standard InChI is InChI=1S/C14H19NO2S/c1-5-13-6-8-14(9-7-13)12(4)10-15-18(16,17)11(2)3/h1,6-9,11-12,15H,10H2,2-4H3. The number of nitrogens with one attached hydrogen (secondary N) is 1. The van der Waals surface area contributed by atoms with E-state index in [2.05, 4.69) is 10.6 Å². The third-order valence-electron chi connectivity index (χ3n) is 2.86. The van der Waals surface area contributed by atoms with Gasteiger partial charge in [0.1, 0.15) is 0 Å². The van der Waals surface area contributed by atoms with Crippen molar-refractivity contribution in [1.82, 2.24) is 4.72 Å². The molecule has 0 aliphatic heterocycles. The number of benzene rings is 1. The van der Waals surface area contributed by atoms with E-state index < -0.39 is 15.3 Å². The minimum absolute atomic E-state index is 0.116. The van der Waals surface area contributed by atoms with E-state index in [1.54, 1.807) is 13.8 Å². The van der Waals surface area contributed by atoms with E-state index in [1.165, 1.54) is 0 Å². The Bertz CT molecular complexity index is 524. The molecule has 0 radical (unpaired) electrons. The first-order chi connectivity index (χ1) is 8.36. The number of sulfonamides is 1. The van der Waals surface area contributed by atoms with E-state index in [4.69, 9.17) is 6.42 Å². The summed E-state index contributed by atoms with van der Waals surface area (Å²) in [6.45, 7) is 5.70. The molecular weight excluding hydrogens is 246 g/mol. The fraction of sp³-hybridized carbons (Fsp3) is 0.429. The van der Waals surface area contributed by atoms with Gasteiger partial charge in [-0.25, -0.2) is 13.1 Å². The van der Waals surface area contributed by atoms with E-state index >= 15 is 0 Å². The predicted molar refractivity (Wildman–Crippen MR) is 74.9 cm³/mol. The third-order valence-corrected chi connectivity index (χ3v) is 4.67. The maximum absolute atomic E-state index is 11.6. The maximum atomic E-state index is 11.6. The molecule has 0 saturated carbocycles. The first-order valence-electron chi connectivity index (χ1n) is 5.92. The van der Waals surface area contributed by atoms with Gasteiger partial charge in [-0.1, -0.05) is 25.0 Å². The van der Waals surface area contributed by atoms with Crippen LogP contribution in [0.1, 0.15) is 37.8 Å². The summed E-state index contributed by atoms with van der Waals surface area (Å²) in [5.41, 5.74) is 1.90. The highest BCUT2D eigenvalue weighted by Crippen LogP contribution is 2.15.